The van der Waals surface area contributed by atoms with Gasteiger partial charge in [0.05, 0.1) is 0 Å². The molecule has 0 spiro atoms. The normalized spacial score (nSPS) is 13.3. The van der Waals surface area contributed by atoms with Crippen LogP contribution >= 0.6 is 0 Å². The summed E-state index contributed by atoms with van der Waals surface area (Å²) in [4.78, 5) is 38.4. The predicted octanol–water partition coefficient (Wildman–Crippen LogP) is 22.7. The minimum atomic E-state index is -0.829. The third-order valence-electron chi connectivity index (χ3n) is 13.2. The summed E-state index contributed by atoms with van der Waals surface area (Å²) in [7, 11) is 0. The highest BCUT2D eigenvalue weighted by atomic mass is 16.6. The molecule has 0 saturated heterocycles. The molecule has 81 heavy (non-hydrogen) atoms. The quantitative estimate of drug-likeness (QED) is 0.0261. The fraction of sp³-hybridized carbons (Fsp3) is 0.587. The second kappa shape index (κ2) is 67.3. The Hall–Kier alpha value is -5.23. The second-order valence-electron chi connectivity index (χ2n) is 20.9. The molecule has 0 rings (SSSR count). The maximum Gasteiger partial charge on any atom is 0.306 e. The summed E-state index contributed by atoms with van der Waals surface area (Å²) in [5.74, 6) is -1.00. The molecule has 6 nitrogen and oxygen atoms in total. The smallest absolute Gasteiger partial charge is 0.306 e. The molecule has 0 aliphatic heterocycles. The average Bonchev–Trinajstić information content (AvgIpc) is 3.47. The van der Waals surface area contributed by atoms with E-state index in [0.29, 0.717) is 19.3 Å². The predicted molar refractivity (Wildman–Crippen MR) is 352 cm³/mol. The molecule has 0 N–H and O–H groups in total. The summed E-state index contributed by atoms with van der Waals surface area (Å²) in [6.07, 6.45) is 99.3. The van der Waals surface area contributed by atoms with E-state index in [2.05, 4.69) is 191 Å². The SMILES string of the molecule is CC/C=C\C/C=C\C/C=C\C/C=C\C/C=C\C/C=C\C/C=C\CCCC(=O)OC(COC(=O)CCCCCCC/C=C\CCCCCCCC)COC(=O)CCCCCCCC/C=C\C/C=C\C/C=C\C/C=C\C/C=C\C/C=C\CC. The van der Waals surface area contributed by atoms with E-state index in [0.717, 1.165) is 154 Å². The number of carbonyl (C=O) groups is 3. The van der Waals surface area contributed by atoms with E-state index in [1.54, 1.807) is 0 Å². The first-order valence-corrected chi connectivity index (χ1v) is 32.6. The van der Waals surface area contributed by atoms with Gasteiger partial charge in [-0.25, -0.2) is 0 Å². The van der Waals surface area contributed by atoms with E-state index in [9.17, 15) is 14.4 Å². The summed E-state index contributed by atoms with van der Waals surface area (Å²) in [5.41, 5.74) is 0. The van der Waals surface area contributed by atoms with Crippen LogP contribution in [0.25, 0.3) is 0 Å². The van der Waals surface area contributed by atoms with Crippen molar-refractivity contribution in [1.29, 1.82) is 0 Å². The number of ether oxygens (including phenoxy) is 3. The van der Waals surface area contributed by atoms with Gasteiger partial charge in [0.2, 0.25) is 0 Å². The van der Waals surface area contributed by atoms with Crippen molar-refractivity contribution in [2.24, 2.45) is 0 Å². The first kappa shape index (κ1) is 75.8. The number of rotatable bonds is 57. The van der Waals surface area contributed by atoms with Crippen LogP contribution in [0.5, 0.6) is 0 Å². The standard InChI is InChI=1S/C75H118O6/c1-4-7-10-13-16-19-22-25-28-30-32-34-36-37-39-40-42-44-47-50-53-56-59-62-65-68-74(77)80-71-72(70-79-73(76)67-64-61-58-55-52-49-46-27-24-21-18-15-12-9-6-3)81-75(78)69-66-63-60-57-54-51-48-45-43-41-38-35-33-31-29-26-23-20-17-14-11-8-5-2/h7-8,10-11,16-17,19-20,25-29,32-35,37,39,41-44,46,48,51,57,60,72H,4-6,9,12-15,18,21-24,30-31,36,38,40,45,47,49-50,52-56,58-59,61-71H2,1-3H3/b10-7-,11-8-,19-16-,20-17-,28-25-,29-26-,34-32-,35-33-,39-37-,43-41-,44-42-,46-27-,51-48-,60-57-. The molecule has 0 heterocycles. The topological polar surface area (TPSA) is 78.9 Å². The summed E-state index contributed by atoms with van der Waals surface area (Å²) in [5, 5.41) is 0. The number of esters is 3. The van der Waals surface area contributed by atoms with E-state index in [-0.39, 0.29) is 37.5 Å². The van der Waals surface area contributed by atoms with Gasteiger partial charge < -0.3 is 14.2 Å². The molecule has 0 aliphatic rings. The lowest BCUT2D eigenvalue weighted by Crippen LogP contribution is -2.30. The van der Waals surface area contributed by atoms with Gasteiger partial charge in [0.15, 0.2) is 6.10 Å². The molecule has 0 aromatic carbocycles. The number of unbranched alkanes of at least 4 members (excludes halogenated alkanes) is 18. The van der Waals surface area contributed by atoms with Gasteiger partial charge in [-0.05, 0) is 148 Å². The molecule has 0 aromatic heterocycles. The van der Waals surface area contributed by atoms with Gasteiger partial charge >= 0.3 is 17.9 Å². The highest BCUT2D eigenvalue weighted by molar-refractivity contribution is 5.71. The van der Waals surface area contributed by atoms with Crippen LogP contribution in [-0.4, -0.2) is 37.2 Å². The van der Waals surface area contributed by atoms with Crippen molar-refractivity contribution in [1.82, 2.24) is 0 Å². The molecular formula is C75H118O6. The Bertz CT molecular complexity index is 1860. The largest absolute Gasteiger partial charge is 0.462 e. The molecule has 0 amide bonds. The Kier molecular flexibility index (Phi) is 62.9. The Morgan fingerprint density at radius 1 is 0.259 bits per heavy atom. The molecule has 454 valence electrons. The third kappa shape index (κ3) is 65.5. The van der Waals surface area contributed by atoms with Crippen molar-refractivity contribution in [3.63, 3.8) is 0 Å². The van der Waals surface area contributed by atoms with E-state index in [4.69, 9.17) is 14.2 Å². The average molecular weight is 1120 g/mol. The summed E-state index contributed by atoms with van der Waals surface area (Å²) < 4.78 is 16.9. The molecule has 0 saturated carbocycles. The zero-order valence-corrected chi connectivity index (χ0v) is 52.0. The van der Waals surface area contributed by atoms with Crippen LogP contribution in [0.2, 0.25) is 0 Å². The van der Waals surface area contributed by atoms with Gasteiger partial charge in [-0.2, -0.15) is 0 Å². The zero-order valence-electron chi connectivity index (χ0n) is 52.0. The Balaban J connectivity index is 4.54. The lowest BCUT2D eigenvalue weighted by molar-refractivity contribution is -0.167. The van der Waals surface area contributed by atoms with Crippen LogP contribution in [0.3, 0.4) is 0 Å². The molecule has 1 unspecified atom stereocenters. The monoisotopic (exact) mass is 1110 g/mol. The minimum absolute atomic E-state index is 0.118. The molecular weight excluding hydrogens is 997 g/mol. The van der Waals surface area contributed by atoms with Crippen molar-refractivity contribution in [3.05, 3.63) is 170 Å². The molecule has 0 fully saturated rings. The van der Waals surface area contributed by atoms with Gasteiger partial charge in [0.25, 0.3) is 0 Å². The van der Waals surface area contributed by atoms with E-state index in [1.165, 1.54) is 64.2 Å². The fourth-order valence-electron chi connectivity index (χ4n) is 8.37. The van der Waals surface area contributed by atoms with Gasteiger partial charge in [0, 0.05) is 19.3 Å². The lowest BCUT2D eigenvalue weighted by Gasteiger charge is -2.18. The molecule has 0 aliphatic carbocycles. The van der Waals surface area contributed by atoms with Crippen LogP contribution in [-0.2, 0) is 28.6 Å². The molecule has 6 heteroatoms. The highest BCUT2D eigenvalue weighted by Gasteiger charge is 2.19. The first-order valence-electron chi connectivity index (χ1n) is 32.6. The van der Waals surface area contributed by atoms with Crippen LogP contribution in [0, 0.1) is 0 Å². The molecule has 1 atom stereocenters. The van der Waals surface area contributed by atoms with Crippen molar-refractivity contribution < 1.29 is 28.6 Å². The summed E-state index contributed by atoms with van der Waals surface area (Å²) in [6, 6.07) is 0. The zero-order chi connectivity index (χ0) is 58.5. The van der Waals surface area contributed by atoms with Gasteiger partial charge in [0.1, 0.15) is 13.2 Å². The van der Waals surface area contributed by atoms with E-state index < -0.39 is 6.10 Å². The number of allylic oxidation sites excluding steroid dienone is 28. The van der Waals surface area contributed by atoms with Crippen molar-refractivity contribution in [2.45, 2.75) is 271 Å². The van der Waals surface area contributed by atoms with Gasteiger partial charge in [-0.3, -0.25) is 14.4 Å². The van der Waals surface area contributed by atoms with Crippen molar-refractivity contribution in [2.75, 3.05) is 13.2 Å². The summed E-state index contributed by atoms with van der Waals surface area (Å²) >= 11 is 0. The number of carbonyl (C=O) groups excluding carboxylic acids is 3. The fourth-order valence-corrected chi connectivity index (χ4v) is 8.37. The number of hydrogen-bond donors (Lipinski definition) is 0. The van der Waals surface area contributed by atoms with Crippen LogP contribution in [0.1, 0.15) is 265 Å². The van der Waals surface area contributed by atoms with Crippen LogP contribution in [0.4, 0.5) is 0 Å². The van der Waals surface area contributed by atoms with Crippen LogP contribution in [0.15, 0.2) is 170 Å². The molecule has 0 aromatic rings. The van der Waals surface area contributed by atoms with E-state index >= 15 is 0 Å². The lowest BCUT2D eigenvalue weighted by atomic mass is 10.1. The van der Waals surface area contributed by atoms with Crippen molar-refractivity contribution in [3.8, 4) is 0 Å². The van der Waals surface area contributed by atoms with E-state index in [1.807, 2.05) is 0 Å². The van der Waals surface area contributed by atoms with Crippen molar-refractivity contribution >= 4 is 17.9 Å². The minimum Gasteiger partial charge on any atom is -0.462 e. The highest BCUT2D eigenvalue weighted by Crippen LogP contribution is 2.14. The molecule has 0 bridgehead atoms. The Labute approximate surface area is 498 Å². The second-order valence-corrected chi connectivity index (χ2v) is 20.9. The summed E-state index contributed by atoms with van der Waals surface area (Å²) in [6.45, 7) is 6.34. The maximum atomic E-state index is 12.9. The molecule has 0 radical (unpaired) electrons. The van der Waals surface area contributed by atoms with Gasteiger partial charge in [-0.15, -0.1) is 0 Å². The number of hydrogen-bond acceptors (Lipinski definition) is 6. The van der Waals surface area contributed by atoms with Gasteiger partial charge in [-0.1, -0.05) is 268 Å². The Morgan fingerprint density at radius 3 is 0.802 bits per heavy atom. The Morgan fingerprint density at radius 2 is 0.494 bits per heavy atom. The third-order valence-corrected chi connectivity index (χ3v) is 13.2. The maximum absolute atomic E-state index is 12.9. The first-order chi connectivity index (χ1) is 40.0. The van der Waals surface area contributed by atoms with Crippen LogP contribution < -0.4 is 0 Å².